The van der Waals surface area contributed by atoms with Gasteiger partial charge in [0.05, 0.1) is 30.0 Å². The van der Waals surface area contributed by atoms with Crippen LogP contribution in [0.25, 0.3) is 0 Å². The molecule has 0 spiro atoms. The number of rotatable bonds is 8. The highest BCUT2D eigenvalue weighted by atomic mass is 35.5. The molecule has 2 N–H and O–H groups in total. The predicted molar refractivity (Wildman–Crippen MR) is 133 cm³/mol. The Morgan fingerprint density at radius 3 is 2.35 bits per heavy atom. The lowest BCUT2D eigenvalue weighted by molar-refractivity contribution is -0.164. The van der Waals surface area contributed by atoms with E-state index in [9.17, 15) is 19.8 Å². The monoisotopic (exact) mass is 503 g/mol. The molecule has 5 nitrogen and oxygen atoms in total. The molecule has 182 valence electrons. The van der Waals surface area contributed by atoms with E-state index in [1.54, 1.807) is 13.0 Å². The third kappa shape index (κ3) is 4.98. The van der Waals surface area contributed by atoms with Crippen LogP contribution in [0, 0.1) is 11.3 Å². The zero-order chi connectivity index (χ0) is 24.6. The van der Waals surface area contributed by atoms with E-state index in [1.807, 2.05) is 54.3 Å². The molecule has 1 unspecified atom stereocenters. The van der Waals surface area contributed by atoms with Crippen molar-refractivity contribution < 1.29 is 19.8 Å². The number of likely N-dealkylation sites (tertiary alicyclic amines) is 1. The molecule has 1 aliphatic heterocycles. The van der Waals surface area contributed by atoms with Gasteiger partial charge in [-0.25, -0.2) is 0 Å². The summed E-state index contributed by atoms with van der Waals surface area (Å²) >= 11 is 12.5. The molecule has 4 rings (SSSR count). The fourth-order valence-electron chi connectivity index (χ4n) is 5.61. The maximum Gasteiger partial charge on any atom is 0.304 e. The number of halogens is 2. The van der Waals surface area contributed by atoms with Crippen LogP contribution in [0.1, 0.15) is 69.0 Å². The molecule has 0 aromatic heterocycles. The highest BCUT2D eigenvalue weighted by Crippen LogP contribution is 2.54. The third-order valence-electron chi connectivity index (χ3n) is 7.37. The molecule has 1 saturated heterocycles. The predicted octanol–water partition coefficient (Wildman–Crippen LogP) is 6.08. The van der Waals surface area contributed by atoms with Crippen molar-refractivity contribution in [2.75, 3.05) is 0 Å². The summed E-state index contributed by atoms with van der Waals surface area (Å²) in [6, 6.07) is 14.3. The zero-order valence-corrected chi connectivity index (χ0v) is 21.0. The molecule has 2 aromatic rings. The Kier molecular flexibility index (Phi) is 7.28. The van der Waals surface area contributed by atoms with Crippen LogP contribution in [-0.2, 0) is 9.59 Å². The number of nitrogens with zero attached hydrogens (tertiary/aromatic N) is 1. The van der Waals surface area contributed by atoms with E-state index in [0.717, 1.165) is 24.0 Å². The van der Waals surface area contributed by atoms with Gasteiger partial charge in [0, 0.05) is 16.0 Å². The molecule has 1 aliphatic carbocycles. The van der Waals surface area contributed by atoms with Crippen molar-refractivity contribution in [2.24, 2.45) is 11.3 Å². The topological polar surface area (TPSA) is 77.8 Å². The second-order valence-corrected chi connectivity index (χ2v) is 10.9. The zero-order valence-electron chi connectivity index (χ0n) is 19.5. The van der Waals surface area contributed by atoms with Gasteiger partial charge < -0.3 is 15.1 Å². The molecule has 7 heteroatoms. The van der Waals surface area contributed by atoms with Crippen LogP contribution in [0.5, 0.6) is 0 Å². The van der Waals surface area contributed by atoms with Crippen LogP contribution in [0.2, 0.25) is 10.0 Å². The first-order chi connectivity index (χ1) is 16.1. The van der Waals surface area contributed by atoms with E-state index >= 15 is 0 Å². The van der Waals surface area contributed by atoms with E-state index in [2.05, 4.69) is 0 Å². The number of carboxylic acid groups (broad SMARTS) is 1. The lowest BCUT2D eigenvalue weighted by atomic mass is 9.66. The van der Waals surface area contributed by atoms with Crippen molar-refractivity contribution in [3.05, 3.63) is 69.7 Å². The first kappa shape index (κ1) is 25.0. The number of carboxylic acids is 1. The summed E-state index contributed by atoms with van der Waals surface area (Å²) in [5.74, 6) is -1.23. The summed E-state index contributed by atoms with van der Waals surface area (Å²) in [5.41, 5.74) is 0.749. The molecule has 5 atom stereocenters. The first-order valence-electron chi connectivity index (χ1n) is 11.9. The molecule has 0 radical (unpaired) electrons. The van der Waals surface area contributed by atoms with E-state index in [0.29, 0.717) is 22.9 Å². The Hall–Kier alpha value is -2.08. The van der Waals surface area contributed by atoms with Crippen LogP contribution in [0.3, 0.4) is 0 Å². The van der Waals surface area contributed by atoms with Crippen molar-refractivity contribution >= 4 is 35.1 Å². The molecule has 2 fully saturated rings. The molecule has 1 saturated carbocycles. The van der Waals surface area contributed by atoms with E-state index in [1.165, 1.54) is 0 Å². The van der Waals surface area contributed by atoms with Gasteiger partial charge in [0.15, 0.2) is 0 Å². The van der Waals surface area contributed by atoms with E-state index in [4.69, 9.17) is 23.2 Å². The number of hydrogen-bond donors (Lipinski definition) is 2. The molecule has 2 aromatic carbocycles. The summed E-state index contributed by atoms with van der Waals surface area (Å²) in [5, 5.41) is 22.0. The Morgan fingerprint density at radius 2 is 1.79 bits per heavy atom. The first-order valence-corrected chi connectivity index (χ1v) is 12.6. The third-order valence-corrected chi connectivity index (χ3v) is 7.86. The van der Waals surface area contributed by atoms with Crippen LogP contribution in [0.4, 0.5) is 0 Å². The normalized spacial score (nSPS) is 26.9. The molecular weight excluding hydrogens is 473 g/mol. The smallest absolute Gasteiger partial charge is 0.304 e. The van der Waals surface area contributed by atoms with Crippen LogP contribution in [0.15, 0.2) is 48.5 Å². The molecule has 1 heterocycles. The van der Waals surface area contributed by atoms with E-state index < -0.39 is 17.5 Å². The number of piperidine rings is 1. The number of carbonyl (C=O) groups excluding carboxylic acids is 1. The van der Waals surface area contributed by atoms with Gasteiger partial charge >= 0.3 is 5.97 Å². The van der Waals surface area contributed by atoms with Crippen molar-refractivity contribution in [2.45, 2.75) is 70.1 Å². The van der Waals surface area contributed by atoms with Crippen LogP contribution in [-0.4, -0.2) is 39.1 Å². The Labute approximate surface area is 210 Å². The maximum atomic E-state index is 14.2. The number of aliphatic hydroxyl groups excluding tert-OH is 1. The number of benzene rings is 2. The second-order valence-electron chi connectivity index (χ2n) is 10.0. The lowest BCUT2D eigenvalue weighted by Crippen LogP contribution is -2.59. The largest absolute Gasteiger partial charge is 0.481 e. The second kappa shape index (κ2) is 9.88. The maximum absolute atomic E-state index is 14.2. The molecule has 34 heavy (non-hydrogen) atoms. The minimum absolute atomic E-state index is 0.195. The summed E-state index contributed by atoms with van der Waals surface area (Å²) in [6.45, 7) is 3.66. The molecule has 2 aliphatic rings. The van der Waals surface area contributed by atoms with Gasteiger partial charge in [0.25, 0.3) is 0 Å². The standard InChI is InChI=1S/C27H31Cl2NO4/c1-3-22(31)25(17-7-8-17)30-24(16-9-11-19(28)12-10-16)21(18-5-4-6-20(29)13-18)14-27(2,26(30)34)15-23(32)33/h4-6,9-13,17,21-22,24-25,31H,3,7-8,14-15H2,1-2H3,(H,32,33)/t21-,22-,24-,25?,27-/m1/s1. The van der Waals surface area contributed by atoms with Gasteiger partial charge in [0.2, 0.25) is 5.91 Å². The number of carbonyl (C=O) groups is 2. The number of aliphatic hydroxyl groups is 1. The van der Waals surface area contributed by atoms with Crippen molar-refractivity contribution in [3.63, 3.8) is 0 Å². The van der Waals surface area contributed by atoms with Gasteiger partial charge in [-0.05, 0) is 67.0 Å². The van der Waals surface area contributed by atoms with Crippen LogP contribution < -0.4 is 0 Å². The van der Waals surface area contributed by atoms with Crippen molar-refractivity contribution in [1.82, 2.24) is 4.90 Å². The van der Waals surface area contributed by atoms with Crippen LogP contribution >= 0.6 is 23.2 Å². The number of hydrogen-bond acceptors (Lipinski definition) is 3. The number of aliphatic carboxylic acids is 1. The lowest BCUT2D eigenvalue weighted by Gasteiger charge is -2.53. The molecule has 0 bridgehead atoms. The van der Waals surface area contributed by atoms with Gasteiger partial charge in [-0.15, -0.1) is 0 Å². The number of amides is 1. The molecular formula is C27H31Cl2NO4. The molecule has 1 amide bonds. The Morgan fingerprint density at radius 1 is 1.12 bits per heavy atom. The SMILES string of the molecule is CC[C@@H](O)C(C1CC1)N1C(=O)[C@@](C)(CC(=O)O)C[C@H](c2cccc(Cl)c2)[C@H]1c1ccc(Cl)cc1. The van der Waals surface area contributed by atoms with E-state index in [-0.39, 0.29) is 36.2 Å². The van der Waals surface area contributed by atoms with Crippen molar-refractivity contribution in [3.8, 4) is 0 Å². The quantitative estimate of drug-likeness (QED) is 0.457. The average molecular weight is 504 g/mol. The van der Waals surface area contributed by atoms with Gasteiger partial charge in [0.1, 0.15) is 0 Å². The average Bonchev–Trinajstić information content (AvgIpc) is 3.62. The minimum atomic E-state index is -1.11. The fourth-order valence-corrected chi connectivity index (χ4v) is 5.94. The highest BCUT2D eigenvalue weighted by Gasteiger charge is 2.55. The minimum Gasteiger partial charge on any atom is -0.481 e. The Bertz CT molecular complexity index is 1050. The summed E-state index contributed by atoms with van der Waals surface area (Å²) < 4.78 is 0. The van der Waals surface area contributed by atoms with Crippen molar-refractivity contribution in [1.29, 1.82) is 0 Å². The van der Waals surface area contributed by atoms with Gasteiger partial charge in [-0.3, -0.25) is 9.59 Å². The summed E-state index contributed by atoms with van der Waals surface area (Å²) in [7, 11) is 0. The highest BCUT2D eigenvalue weighted by molar-refractivity contribution is 6.30. The summed E-state index contributed by atoms with van der Waals surface area (Å²) in [4.78, 5) is 27.9. The van der Waals surface area contributed by atoms with Gasteiger partial charge in [-0.2, -0.15) is 0 Å². The Balaban J connectivity index is 1.92. The van der Waals surface area contributed by atoms with Gasteiger partial charge in [-0.1, -0.05) is 61.3 Å². The fraction of sp³-hybridized carbons (Fsp3) is 0.481. The summed E-state index contributed by atoms with van der Waals surface area (Å²) in [6.07, 6.45) is 1.79.